The van der Waals surface area contributed by atoms with Gasteiger partial charge in [0, 0.05) is 52.0 Å². The molecule has 0 radical (unpaired) electrons. The van der Waals surface area contributed by atoms with Crippen LogP contribution in [0.3, 0.4) is 0 Å². The van der Waals surface area contributed by atoms with Gasteiger partial charge in [-0.05, 0) is 30.7 Å². The molecule has 2 amide bonds. The molecule has 0 fully saturated rings. The number of aromatic nitrogens is 2. The highest BCUT2D eigenvalue weighted by atomic mass is 16.5. The molecule has 0 aliphatic heterocycles. The lowest BCUT2D eigenvalue weighted by molar-refractivity contribution is 0.143. The Bertz CT molecular complexity index is 616. The van der Waals surface area contributed by atoms with Crippen molar-refractivity contribution in [3.63, 3.8) is 0 Å². The largest absolute Gasteiger partial charge is 0.385 e. The van der Waals surface area contributed by atoms with E-state index in [2.05, 4.69) is 10.4 Å². The van der Waals surface area contributed by atoms with E-state index in [1.54, 1.807) is 30.0 Å². The van der Waals surface area contributed by atoms with E-state index in [9.17, 15) is 4.79 Å². The molecule has 1 aromatic heterocycles. The zero-order valence-corrected chi connectivity index (χ0v) is 14.1. The van der Waals surface area contributed by atoms with Gasteiger partial charge in [0.1, 0.15) is 0 Å². The van der Waals surface area contributed by atoms with Gasteiger partial charge in [0.15, 0.2) is 0 Å². The third kappa shape index (κ3) is 5.36. The fourth-order valence-electron chi connectivity index (χ4n) is 2.27. The van der Waals surface area contributed by atoms with Crippen molar-refractivity contribution in [2.45, 2.75) is 6.42 Å². The summed E-state index contributed by atoms with van der Waals surface area (Å²) >= 11 is 0. The van der Waals surface area contributed by atoms with Gasteiger partial charge >= 0.3 is 6.03 Å². The average molecular weight is 332 g/mol. The van der Waals surface area contributed by atoms with Gasteiger partial charge < -0.3 is 19.7 Å². The Morgan fingerprint density at radius 3 is 2.75 bits per heavy atom. The Hall–Kier alpha value is -2.38. The fraction of sp³-hybridized carbons (Fsp3) is 0.412. The van der Waals surface area contributed by atoms with Crippen LogP contribution in [-0.2, 0) is 9.47 Å². The molecule has 24 heavy (non-hydrogen) atoms. The molecule has 0 aliphatic carbocycles. The molecule has 0 saturated carbocycles. The van der Waals surface area contributed by atoms with E-state index in [1.165, 1.54) is 0 Å². The molecule has 2 aromatic rings. The van der Waals surface area contributed by atoms with E-state index in [0.29, 0.717) is 26.3 Å². The van der Waals surface area contributed by atoms with Crippen LogP contribution in [-0.4, -0.2) is 61.2 Å². The molecule has 2 rings (SSSR count). The summed E-state index contributed by atoms with van der Waals surface area (Å²) in [7, 11) is 3.28. The van der Waals surface area contributed by atoms with Crippen LogP contribution < -0.4 is 5.32 Å². The summed E-state index contributed by atoms with van der Waals surface area (Å²) in [5.41, 5.74) is 1.61. The van der Waals surface area contributed by atoms with Crippen LogP contribution in [0.15, 0.2) is 42.7 Å². The van der Waals surface area contributed by atoms with E-state index >= 15 is 0 Å². The second-order valence-electron chi connectivity index (χ2n) is 5.26. The number of anilines is 1. The van der Waals surface area contributed by atoms with Crippen LogP contribution in [0.2, 0.25) is 0 Å². The minimum atomic E-state index is -0.152. The first-order valence-corrected chi connectivity index (χ1v) is 7.88. The zero-order valence-electron chi connectivity index (χ0n) is 14.1. The predicted molar refractivity (Wildman–Crippen MR) is 92.5 cm³/mol. The van der Waals surface area contributed by atoms with Crippen molar-refractivity contribution in [3.05, 3.63) is 42.7 Å². The standard InChI is InChI=1S/C17H24N4O3/c1-23-12-5-9-20(11-13-24-2)17(22)19-15-6-3-7-16(14-15)21-10-4-8-18-21/h3-4,6-8,10,14H,5,9,11-13H2,1-2H3,(H,19,22). The van der Waals surface area contributed by atoms with Crippen molar-refractivity contribution in [1.29, 1.82) is 0 Å². The Labute approximate surface area is 142 Å². The molecule has 0 unspecified atom stereocenters. The lowest BCUT2D eigenvalue weighted by Crippen LogP contribution is -2.38. The van der Waals surface area contributed by atoms with Gasteiger partial charge in [-0.3, -0.25) is 0 Å². The molecule has 0 spiro atoms. The van der Waals surface area contributed by atoms with Gasteiger partial charge in [0.05, 0.1) is 12.3 Å². The molecule has 0 aliphatic rings. The van der Waals surface area contributed by atoms with E-state index < -0.39 is 0 Å². The van der Waals surface area contributed by atoms with Crippen molar-refractivity contribution < 1.29 is 14.3 Å². The maximum Gasteiger partial charge on any atom is 0.321 e. The topological polar surface area (TPSA) is 68.6 Å². The normalized spacial score (nSPS) is 10.6. The second-order valence-corrected chi connectivity index (χ2v) is 5.26. The number of ether oxygens (including phenoxy) is 2. The monoisotopic (exact) mass is 332 g/mol. The molecule has 1 N–H and O–H groups in total. The molecular formula is C17H24N4O3. The van der Waals surface area contributed by atoms with Crippen LogP contribution in [0.25, 0.3) is 5.69 Å². The average Bonchev–Trinajstić information content (AvgIpc) is 3.13. The predicted octanol–water partition coefficient (Wildman–Crippen LogP) is 2.39. The van der Waals surface area contributed by atoms with Gasteiger partial charge in [-0.15, -0.1) is 0 Å². The summed E-state index contributed by atoms with van der Waals surface area (Å²) in [5, 5.41) is 7.13. The van der Waals surface area contributed by atoms with Crippen LogP contribution in [0.1, 0.15) is 6.42 Å². The molecule has 0 saturated heterocycles. The highest BCUT2D eigenvalue weighted by Crippen LogP contribution is 2.14. The molecule has 0 atom stereocenters. The number of nitrogens with one attached hydrogen (secondary N) is 1. The van der Waals surface area contributed by atoms with Gasteiger partial charge in [0.2, 0.25) is 0 Å². The van der Waals surface area contributed by atoms with Crippen molar-refractivity contribution in [2.75, 3.05) is 45.8 Å². The van der Waals surface area contributed by atoms with E-state index in [0.717, 1.165) is 17.8 Å². The number of hydrogen-bond acceptors (Lipinski definition) is 4. The zero-order chi connectivity index (χ0) is 17.2. The first-order valence-electron chi connectivity index (χ1n) is 7.88. The molecule has 130 valence electrons. The van der Waals surface area contributed by atoms with Crippen LogP contribution in [0, 0.1) is 0 Å². The van der Waals surface area contributed by atoms with Gasteiger partial charge in [-0.1, -0.05) is 6.07 Å². The van der Waals surface area contributed by atoms with Crippen molar-refractivity contribution in [3.8, 4) is 5.69 Å². The Morgan fingerprint density at radius 2 is 2.04 bits per heavy atom. The number of carbonyl (C=O) groups is 1. The number of urea groups is 1. The lowest BCUT2D eigenvalue weighted by Gasteiger charge is -2.23. The Balaban J connectivity index is 2.01. The second kappa shape index (κ2) is 9.69. The number of methoxy groups -OCH3 is 2. The minimum absolute atomic E-state index is 0.152. The first kappa shape index (κ1) is 18.0. The van der Waals surface area contributed by atoms with Crippen molar-refractivity contribution in [2.24, 2.45) is 0 Å². The number of amides is 2. The van der Waals surface area contributed by atoms with E-state index in [-0.39, 0.29) is 6.03 Å². The maximum atomic E-state index is 12.5. The lowest BCUT2D eigenvalue weighted by atomic mass is 10.3. The van der Waals surface area contributed by atoms with Gasteiger partial charge in [0.25, 0.3) is 0 Å². The van der Waals surface area contributed by atoms with Crippen LogP contribution in [0.5, 0.6) is 0 Å². The molecule has 1 aromatic carbocycles. The summed E-state index contributed by atoms with van der Waals surface area (Å²) in [6.07, 6.45) is 4.35. The van der Waals surface area contributed by atoms with Crippen LogP contribution >= 0.6 is 0 Å². The molecular weight excluding hydrogens is 308 g/mol. The third-order valence-electron chi connectivity index (χ3n) is 3.50. The Kier molecular flexibility index (Phi) is 7.25. The number of rotatable bonds is 9. The minimum Gasteiger partial charge on any atom is -0.385 e. The van der Waals surface area contributed by atoms with Gasteiger partial charge in [-0.2, -0.15) is 5.10 Å². The highest BCUT2D eigenvalue weighted by molar-refractivity contribution is 5.89. The molecule has 7 nitrogen and oxygen atoms in total. The van der Waals surface area contributed by atoms with Crippen molar-refractivity contribution in [1.82, 2.24) is 14.7 Å². The smallest absolute Gasteiger partial charge is 0.321 e. The molecule has 0 bridgehead atoms. The van der Waals surface area contributed by atoms with Crippen molar-refractivity contribution >= 4 is 11.7 Å². The summed E-state index contributed by atoms with van der Waals surface area (Å²) in [6.45, 7) is 2.26. The number of benzene rings is 1. The van der Waals surface area contributed by atoms with E-state index in [4.69, 9.17) is 9.47 Å². The van der Waals surface area contributed by atoms with Gasteiger partial charge in [-0.25, -0.2) is 9.48 Å². The summed E-state index contributed by atoms with van der Waals surface area (Å²) in [6, 6.07) is 9.26. The quantitative estimate of drug-likeness (QED) is 0.716. The molecule has 7 heteroatoms. The number of hydrogen-bond donors (Lipinski definition) is 1. The first-order chi connectivity index (χ1) is 11.7. The van der Waals surface area contributed by atoms with E-state index in [1.807, 2.05) is 36.5 Å². The molecule has 1 heterocycles. The maximum absolute atomic E-state index is 12.5. The summed E-state index contributed by atoms with van der Waals surface area (Å²) in [5.74, 6) is 0. The fourth-order valence-corrected chi connectivity index (χ4v) is 2.27. The summed E-state index contributed by atoms with van der Waals surface area (Å²) < 4.78 is 11.9. The Morgan fingerprint density at radius 1 is 1.21 bits per heavy atom. The number of carbonyl (C=O) groups excluding carboxylic acids is 1. The third-order valence-corrected chi connectivity index (χ3v) is 3.50. The SMILES string of the molecule is COCCCN(CCOC)C(=O)Nc1cccc(-n2cccn2)c1. The summed E-state index contributed by atoms with van der Waals surface area (Å²) in [4.78, 5) is 14.2. The highest BCUT2D eigenvalue weighted by Gasteiger charge is 2.13. The van der Waals surface area contributed by atoms with Crippen LogP contribution in [0.4, 0.5) is 10.5 Å². The number of nitrogens with zero attached hydrogens (tertiary/aromatic N) is 3.